The number of Topliss-reactive ketones (excluding diaryl/α,β-unsaturated/α-hetero) is 1. The fourth-order valence-corrected chi connectivity index (χ4v) is 3.15. The molecule has 0 heterocycles. The second-order valence-electron chi connectivity index (χ2n) is 6.29. The summed E-state index contributed by atoms with van der Waals surface area (Å²) in [5.41, 5.74) is 1.64. The Bertz CT molecular complexity index is 929. The number of nitrogens with one attached hydrogen (secondary N) is 1. The molecule has 3 aromatic rings. The lowest BCUT2D eigenvalue weighted by atomic mass is 9.99. The molecule has 0 bridgehead atoms. The van der Waals surface area contributed by atoms with Crippen molar-refractivity contribution < 1.29 is 9.59 Å². The first-order valence-electron chi connectivity index (χ1n) is 8.60. The molecule has 1 unspecified atom stereocenters. The van der Waals surface area contributed by atoms with Gasteiger partial charge in [-0.05, 0) is 47.5 Å². The molecule has 1 amide bonds. The van der Waals surface area contributed by atoms with E-state index in [1.807, 2.05) is 31.2 Å². The fraction of sp³-hybridized carbons (Fsp3) is 0.182. The highest BCUT2D eigenvalue weighted by Crippen LogP contribution is 2.24. The zero-order valence-corrected chi connectivity index (χ0v) is 15.3. The lowest BCUT2D eigenvalue weighted by Crippen LogP contribution is -2.27. The maximum atomic E-state index is 12.3. The third-order valence-electron chi connectivity index (χ3n) is 4.41. The summed E-state index contributed by atoms with van der Waals surface area (Å²) in [5.74, 6) is -0.192. The average molecular weight is 366 g/mol. The molecule has 0 saturated heterocycles. The summed E-state index contributed by atoms with van der Waals surface area (Å²) in [6, 6.07) is 20.8. The van der Waals surface area contributed by atoms with Gasteiger partial charge in [0.1, 0.15) is 0 Å². The highest BCUT2D eigenvalue weighted by atomic mass is 35.5. The van der Waals surface area contributed by atoms with Crippen molar-refractivity contribution in [2.45, 2.75) is 25.8 Å². The van der Waals surface area contributed by atoms with Gasteiger partial charge in [0.15, 0.2) is 5.78 Å². The number of benzene rings is 3. The van der Waals surface area contributed by atoms with E-state index in [1.165, 1.54) is 0 Å². The van der Waals surface area contributed by atoms with Crippen LogP contribution < -0.4 is 5.32 Å². The molecule has 0 radical (unpaired) electrons. The molecule has 0 spiro atoms. The Balaban J connectivity index is 1.60. The Hall–Kier alpha value is -2.65. The van der Waals surface area contributed by atoms with Gasteiger partial charge >= 0.3 is 0 Å². The Kier molecular flexibility index (Phi) is 5.69. The fourth-order valence-electron chi connectivity index (χ4n) is 3.03. The van der Waals surface area contributed by atoms with Gasteiger partial charge in [-0.1, -0.05) is 54.1 Å². The van der Waals surface area contributed by atoms with Crippen molar-refractivity contribution in [2.24, 2.45) is 0 Å². The van der Waals surface area contributed by atoms with Crippen molar-refractivity contribution in [3.63, 3.8) is 0 Å². The van der Waals surface area contributed by atoms with E-state index in [9.17, 15) is 9.59 Å². The number of rotatable bonds is 6. The molecular formula is C22H20ClNO2. The maximum Gasteiger partial charge on any atom is 0.220 e. The van der Waals surface area contributed by atoms with E-state index >= 15 is 0 Å². The number of fused-ring (bicyclic) bond motifs is 1. The first-order valence-corrected chi connectivity index (χ1v) is 8.98. The number of carbonyl (C=O) groups is 2. The summed E-state index contributed by atoms with van der Waals surface area (Å²) in [6.45, 7) is 1.96. The summed E-state index contributed by atoms with van der Waals surface area (Å²) < 4.78 is 0. The van der Waals surface area contributed by atoms with E-state index in [0.29, 0.717) is 10.6 Å². The molecule has 0 fully saturated rings. The molecule has 4 heteroatoms. The number of amides is 1. The standard InChI is InChI=1S/C22H20ClNO2/c1-15(19-8-4-6-16-5-2-3-7-20(16)19)24-22(26)14-13-21(25)17-9-11-18(23)12-10-17/h2-12,15H,13-14H2,1H3,(H,24,26). The van der Waals surface area contributed by atoms with E-state index in [0.717, 1.165) is 16.3 Å². The molecule has 0 saturated carbocycles. The van der Waals surface area contributed by atoms with Crippen LogP contribution in [0.5, 0.6) is 0 Å². The smallest absolute Gasteiger partial charge is 0.220 e. The zero-order valence-electron chi connectivity index (χ0n) is 14.5. The van der Waals surface area contributed by atoms with Gasteiger partial charge in [0.25, 0.3) is 0 Å². The van der Waals surface area contributed by atoms with Gasteiger partial charge in [0.05, 0.1) is 6.04 Å². The van der Waals surface area contributed by atoms with Crippen LogP contribution in [0.15, 0.2) is 66.7 Å². The molecule has 3 nitrogen and oxygen atoms in total. The van der Waals surface area contributed by atoms with Crippen LogP contribution in [0.1, 0.15) is 41.7 Å². The largest absolute Gasteiger partial charge is 0.350 e. The second-order valence-corrected chi connectivity index (χ2v) is 6.72. The van der Waals surface area contributed by atoms with Gasteiger partial charge in [-0.2, -0.15) is 0 Å². The van der Waals surface area contributed by atoms with Gasteiger partial charge in [-0.25, -0.2) is 0 Å². The van der Waals surface area contributed by atoms with Crippen LogP contribution in [-0.2, 0) is 4.79 Å². The Morgan fingerprint density at radius 2 is 1.62 bits per heavy atom. The van der Waals surface area contributed by atoms with E-state index in [2.05, 4.69) is 23.5 Å². The Morgan fingerprint density at radius 3 is 2.38 bits per heavy atom. The van der Waals surface area contributed by atoms with Crippen LogP contribution >= 0.6 is 11.6 Å². The van der Waals surface area contributed by atoms with Crippen LogP contribution in [0, 0.1) is 0 Å². The number of hydrogen-bond donors (Lipinski definition) is 1. The van der Waals surface area contributed by atoms with Crippen molar-refractivity contribution >= 4 is 34.1 Å². The van der Waals surface area contributed by atoms with E-state index < -0.39 is 0 Å². The van der Waals surface area contributed by atoms with E-state index in [4.69, 9.17) is 11.6 Å². The second kappa shape index (κ2) is 8.15. The number of ketones is 1. The number of hydrogen-bond acceptors (Lipinski definition) is 2. The van der Waals surface area contributed by atoms with Gasteiger partial charge in [0.2, 0.25) is 5.91 Å². The minimum absolute atomic E-state index is 0.0605. The minimum atomic E-state index is -0.132. The third kappa shape index (κ3) is 4.30. The lowest BCUT2D eigenvalue weighted by Gasteiger charge is -2.16. The summed E-state index contributed by atoms with van der Waals surface area (Å²) in [4.78, 5) is 24.4. The molecule has 0 aliphatic rings. The van der Waals surface area contributed by atoms with Crippen LogP contribution in [0.3, 0.4) is 0 Å². The van der Waals surface area contributed by atoms with Crippen molar-refractivity contribution in [3.05, 3.63) is 82.9 Å². The van der Waals surface area contributed by atoms with Gasteiger partial charge in [0, 0.05) is 23.4 Å². The molecule has 26 heavy (non-hydrogen) atoms. The van der Waals surface area contributed by atoms with Crippen LogP contribution in [0.4, 0.5) is 0 Å². The Labute approximate surface area is 158 Å². The monoisotopic (exact) mass is 365 g/mol. The van der Waals surface area contributed by atoms with Crippen LogP contribution in [-0.4, -0.2) is 11.7 Å². The normalized spacial score (nSPS) is 11.9. The van der Waals surface area contributed by atoms with Crippen molar-refractivity contribution in [2.75, 3.05) is 0 Å². The number of halogens is 1. The highest BCUT2D eigenvalue weighted by Gasteiger charge is 2.14. The minimum Gasteiger partial charge on any atom is -0.350 e. The average Bonchev–Trinajstić information content (AvgIpc) is 2.66. The predicted molar refractivity (Wildman–Crippen MR) is 106 cm³/mol. The topological polar surface area (TPSA) is 46.2 Å². The third-order valence-corrected chi connectivity index (χ3v) is 4.66. The molecule has 0 aromatic heterocycles. The van der Waals surface area contributed by atoms with Crippen LogP contribution in [0.2, 0.25) is 5.02 Å². The van der Waals surface area contributed by atoms with Crippen molar-refractivity contribution in [1.82, 2.24) is 5.32 Å². The number of carbonyl (C=O) groups excluding carboxylic acids is 2. The van der Waals surface area contributed by atoms with Crippen molar-refractivity contribution in [3.8, 4) is 0 Å². The SMILES string of the molecule is CC(NC(=O)CCC(=O)c1ccc(Cl)cc1)c1cccc2ccccc12. The molecular weight excluding hydrogens is 346 g/mol. The van der Waals surface area contributed by atoms with Crippen molar-refractivity contribution in [1.29, 1.82) is 0 Å². The molecule has 1 atom stereocenters. The first-order chi connectivity index (χ1) is 12.5. The highest BCUT2D eigenvalue weighted by molar-refractivity contribution is 6.30. The molecule has 132 valence electrons. The first kappa shape index (κ1) is 18.2. The summed E-state index contributed by atoms with van der Waals surface area (Å²) in [5, 5.41) is 5.85. The summed E-state index contributed by atoms with van der Waals surface area (Å²) in [6.07, 6.45) is 0.340. The van der Waals surface area contributed by atoms with Crippen LogP contribution in [0.25, 0.3) is 10.8 Å². The quantitative estimate of drug-likeness (QED) is 0.600. The zero-order chi connectivity index (χ0) is 18.5. The van der Waals surface area contributed by atoms with Gasteiger partial charge < -0.3 is 5.32 Å². The molecule has 3 rings (SSSR count). The van der Waals surface area contributed by atoms with E-state index in [1.54, 1.807) is 24.3 Å². The molecule has 0 aliphatic carbocycles. The molecule has 0 aliphatic heterocycles. The van der Waals surface area contributed by atoms with Gasteiger partial charge in [-0.3, -0.25) is 9.59 Å². The summed E-state index contributed by atoms with van der Waals surface area (Å²) in [7, 11) is 0. The molecule has 1 N–H and O–H groups in total. The lowest BCUT2D eigenvalue weighted by molar-refractivity contribution is -0.121. The van der Waals surface area contributed by atoms with E-state index in [-0.39, 0.29) is 30.6 Å². The molecule has 3 aromatic carbocycles. The Morgan fingerprint density at radius 1 is 0.923 bits per heavy atom. The predicted octanol–water partition coefficient (Wildman–Crippen LogP) is 5.33. The maximum absolute atomic E-state index is 12.3. The summed E-state index contributed by atoms with van der Waals surface area (Å²) >= 11 is 5.83. The van der Waals surface area contributed by atoms with Gasteiger partial charge in [-0.15, -0.1) is 0 Å².